The Morgan fingerprint density at radius 3 is 2.73 bits per heavy atom. The molecule has 2 unspecified atom stereocenters. The summed E-state index contributed by atoms with van der Waals surface area (Å²) in [6.45, 7) is 4.48. The van der Waals surface area contributed by atoms with Crippen molar-refractivity contribution in [1.29, 1.82) is 5.26 Å². The SMILES string of the molecule is CCC(CC#N)NC(=O)C(C)CCCN. The van der Waals surface area contributed by atoms with Gasteiger partial charge in [0.1, 0.15) is 0 Å². The van der Waals surface area contributed by atoms with Crippen molar-refractivity contribution in [2.75, 3.05) is 6.54 Å². The third kappa shape index (κ3) is 6.08. The molecule has 1 amide bonds. The van der Waals surface area contributed by atoms with Crippen LogP contribution in [0.25, 0.3) is 0 Å². The van der Waals surface area contributed by atoms with Crippen LogP contribution < -0.4 is 11.1 Å². The molecule has 2 atom stereocenters. The molecule has 0 bridgehead atoms. The van der Waals surface area contributed by atoms with Gasteiger partial charge in [-0.2, -0.15) is 5.26 Å². The van der Waals surface area contributed by atoms with Crippen molar-refractivity contribution in [2.45, 2.75) is 45.6 Å². The molecule has 86 valence electrons. The van der Waals surface area contributed by atoms with E-state index in [1.54, 1.807) is 0 Å². The lowest BCUT2D eigenvalue weighted by Gasteiger charge is -2.17. The molecule has 0 aromatic rings. The molecule has 0 aliphatic carbocycles. The van der Waals surface area contributed by atoms with Gasteiger partial charge >= 0.3 is 0 Å². The largest absolute Gasteiger partial charge is 0.352 e. The van der Waals surface area contributed by atoms with Gasteiger partial charge in [0, 0.05) is 12.0 Å². The van der Waals surface area contributed by atoms with Gasteiger partial charge in [-0.05, 0) is 25.8 Å². The van der Waals surface area contributed by atoms with Crippen LogP contribution >= 0.6 is 0 Å². The molecule has 0 radical (unpaired) electrons. The summed E-state index contributed by atoms with van der Waals surface area (Å²) in [7, 11) is 0. The van der Waals surface area contributed by atoms with Crippen LogP contribution in [0.4, 0.5) is 0 Å². The van der Waals surface area contributed by atoms with E-state index in [1.807, 2.05) is 13.8 Å². The van der Waals surface area contributed by atoms with Crippen LogP contribution in [-0.2, 0) is 4.79 Å². The topological polar surface area (TPSA) is 78.9 Å². The molecule has 4 heteroatoms. The number of hydrogen-bond acceptors (Lipinski definition) is 3. The van der Waals surface area contributed by atoms with E-state index >= 15 is 0 Å². The fourth-order valence-corrected chi connectivity index (χ4v) is 1.31. The summed E-state index contributed by atoms with van der Waals surface area (Å²) in [6, 6.07) is 2.06. The fraction of sp³-hybridized carbons (Fsp3) is 0.818. The standard InChI is InChI=1S/C11H21N3O/c1-3-10(6-8-13)14-11(15)9(2)5-4-7-12/h9-10H,3-7,12H2,1-2H3,(H,14,15). The van der Waals surface area contributed by atoms with Crippen molar-refractivity contribution in [3.63, 3.8) is 0 Å². The van der Waals surface area contributed by atoms with Crippen LogP contribution in [0.15, 0.2) is 0 Å². The minimum Gasteiger partial charge on any atom is -0.352 e. The van der Waals surface area contributed by atoms with Gasteiger partial charge in [0.25, 0.3) is 0 Å². The predicted molar refractivity (Wildman–Crippen MR) is 59.9 cm³/mol. The first-order valence-electron chi connectivity index (χ1n) is 5.53. The van der Waals surface area contributed by atoms with Gasteiger partial charge in [0.15, 0.2) is 0 Å². The molecule has 0 spiro atoms. The van der Waals surface area contributed by atoms with E-state index in [4.69, 9.17) is 11.0 Å². The van der Waals surface area contributed by atoms with Gasteiger partial charge in [0.05, 0.1) is 12.5 Å². The molecule has 4 nitrogen and oxygen atoms in total. The normalized spacial score (nSPS) is 14.0. The molecule has 0 fully saturated rings. The summed E-state index contributed by atoms with van der Waals surface area (Å²) in [5.74, 6) is 0.0202. The number of nitriles is 1. The molecule has 0 saturated heterocycles. The Morgan fingerprint density at radius 2 is 2.27 bits per heavy atom. The maximum absolute atomic E-state index is 11.6. The summed E-state index contributed by atoms with van der Waals surface area (Å²) in [6.07, 6.45) is 2.85. The van der Waals surface area contributed by atoms with E-state index in [0.29, 0.717) is 13.0 Å². The lowest BCUT2D eigenvalue weighted by atomic mass is 10.0. The highest BCUT2D eigenvalue weighted by molar-refractivity contribution is 5.78. The lowest BCUT2D eigenvalue weighted by molar-refractivity contribution is -0.125. The van der Waals surface area contributed by atoms with Gasteiger partial charge in [0.2, 0.25) is 5.91 Å². The summed E-state index contributed by atoms with van der Waals surface area (Å²) < 4.78 is 0. The Hall–Kier alpha value is -1.08. The minimum absolute atomic E-state index is 0.0113. The molecule has 0 aliphatic heterocycles. The van der Waals surface area contributed by atoms with E-state index in [0.717, 1.165) is 19.3 Å². The third-order valence-electron chi connectivity index (χ3n) is 2.47. The molecular formula is C11H21N3O. The Balaban J connectivity index is 3.93. The summed E-state index contributed by atoms with van der Waals surface area (Å²) in [4.78, 5) is 11.6. The zero-order valence-corrected chi connectivity index (χ0v) is 9.62. The van der Waals surface area contributed by atoms with Crippen molar-refractivity contribution in [1.82, 2.24) is 5.32 Å². The Bertz CT molecular complexity index is 222. The van der Waals surface area contributed by atoms with E-state index in [9.17, 15) is 4.79 Å². The number of carbonyl (C=O) groups is 1. The van der Waals surface area contributed by atoms with Crippen molar-refractivity contribution >= 4 is 5.91 Å². The number of nitrogens with one attached hydrogen (secondary N) is 1. The smallest absolute Gasteiger partial charge is 0.223 e. The van der Waals surface area contributed by atoms with Gasteiger partial charge < -0.3 is 11.1 Å². The molecular weight excluding hydrogens is 190 g/mol. The molecule has 0 rings (SSSR count). The Labute approximate surface area is 91.8 Å². The first-order valence-corrected chi connectivity index (χ1v) is 5.53. The van der Waals surface area contributed by atoms with Gasteiger partial charge in [-0.1, -0.05) is 13.8 Å². The van der Waals surface area contributed by atoms with Crippen molar-refractivity contribution < 1.29 is 4.79 Å². The first-order chi connectivity index (χ1) is 7.15. The number of hydrogen-bond donors (Lipinski definition) is 2. The van der Waals surface area contributed by atoms with E-state index in [-0.39, 0.29) is 17.9 Å². The number of amides is 1. The van der Waals surface area contributed by atoms with Crippen molar-refractivity contribution in [3.05, 3.63) is 0 Å². The molecule has 15 heavy (non-hydrogen) atoms. The summed E-state index contributed by atoms with van der Waals surface area (Å²) >= 11 is 0. The fourth-order valence-electron chi connectivity index (χ4n) is 1.31. The quantitative estimate of drug-likeness (QED) is 0.663. The Kier molecular flexibility index (Phi) is 7.65. The Morgan fingerprint density at radius 1 is 1.60 bits per heavy atom. The second kappa shape index (κ2) is 8.25. The third-order valence-corrected chi connectivity index (χ3v) is 2.47. The molecule has 0 aliphatic rings. The van der Waals surface area contributed by atoms with Crippen LogP contribution in [0.5, 0.6) is 0 Å². The van der Waals surface area contributed by atoms with Crippen LogP contribution in [-0.4, -0.2) is 18.5 Å². The number of rotatable bonds is 7. The lowest BCUT2D eigenvalue weighted by Crippen LogP contribution is -2.37. The van der Waals surface area contributed by atoms with Gasteiger partial charge in [-0.3, -0.25) is 4.79 Å². The van der Waals surface area contributed by atoms with Crippen molar-refractivity contribution in [2.24, 2.45) is 11.7 Å². The average molecular weight is 211 g/mol. The maximum Gasteiger partial charge on any atom is 0.223 e. The maximum atomic E-state index is 11.6. The van der Waals surface area contributed by atoms with Gasteiger partial charge in [-0.25, -0.2) is 0 Å². The van der Waals surface area contributed by atoms with Gasteiger partial charge in [-0.15, -0.1) is 0 Å². The number of nitrogens with zero attached hydrogens (tertiary/aromatic N) is 1. The highest BCUT2D eigenvalue weighted by atomic mass is 16.1. The van der Waals surface area contributed by atoms with E-state index in [2.05, 4.69) is 11.4 Å². The highest BCUT2D eigenvalue weighted by Crippen LogP contribution is 2.06. The molecule has 0 aromatic carbocycles. The summed E-state index contributed by atoms with van der Waals surface area (Å²) in [5.41, 5.74) is 5.38. The van der Waals surface area contributed by atoms with Crippen LogP contribution in [0.2, 0.25) is 0 Å². The molecule has 0 saturated carbocycles. The zero-order valence-electron chi connectivity index (χ0n) is 9.62. The predicted octanol–water partition coefficient (Wildman–Crippen LogP) is 1.17. The second-order valence-electron chi connectivity index (χ2n) is 3.81. The number of nitrogens with two attached hydrogens (primary N) is 1. The summed E-state index contributed by atoms with van der Waals surface area (Å²) in [5, 5.41) is 11.4. The first kappa shape index (κ1) is 13.9. The van der Waals surface area contributed by atoms with Crippen LogP contribution in [0, 0.1) is 17.2 Å². The zero-order chi connectivity index (χ0) is 11.7. The van der Waals surface area contributed by atoms with Crippen LogP contribution in [0.3, 0.4) is 0 Å². The molecule has 0 aromatic heterocycles. The van der Waals surface area contributed by atoms with E-state index in [1.165, 1.54) is 0 Å². The monoisotopic (exact) mass is 211 g/mol. The minimum atomic E-state index is -0.0127. The number of carbonyl (C=O) groups excluding carboxylic acids is 1. The van der Waals surface area contributed by atoms with Crippen molar-refractivity contribution in [3.8, 4) is 6.07 Å². The van der Waals surface area contributed by atoms with E-state index < -0.39 is 0 Å². The molecule has 3 N–H and O–H groups in total. The second-order valence-corrected chi connectivity index (χ2v) is 3.81. The highest BCUT2D eigenvalue weighted by Gasteiger charge is 2.15. The molecule has 0 heterocycles. The van der Waals surface area contributed by atoms with Crippen LogP contribution in [0.1, 0.15) is 39.5 Å². The average Bonchev–Trinajstić information content (AvgIpc) is 2.24.